The van der Waals surface area contributed by atoms with Gasteiger partial charge in [0.25, 0.3) is 0 Å². The van der Waals surface area contributed by atoms with Crippen LogP contribution in [0.2, 0.25) is 0 Å². The second-order valence-corrected chi connectivity index (χ2v) is 6.86. The van der Waals surface area contributed by atoms with Gasteiger partial charge in [-0.2, -0.15) is 5.26 Å². The third kappa shape index (κ3) is 2.66. The zero-order valence-corrected chi connectivity index (χ0v) is 15.7. The second kappa shape index (κ2) is 6.49. The zero-order chi connectivity index (χ0) is 19.1. The van der Waals surface area contributed by atoms with E-state index in [1.165, 1.54) is 7.11 Å². The number of nitrogens with two attached hydrogens (primary N) is 1. The molecule has 3 aromatic rings. The van der Waals surface area contributed by atoms with Crippen molar-refractivity contribution >= 4 is 26.9 Å². The number of fused-ring (bicyclic) bond motifs is 3. The summed E-state index contributed by atoms with van der Waals surface area (Å²) < 4.78 is 17.4. The third-order valence-corrected chi connectivity index (χ3v) is 4.97. The van der Waals surface area contributed by atoms with Gasteiger partial charge in [-0.25, -0.2) is 4.79 Å². The van der Waals surface area contributed by atoms with E-state index in [1.807, 2.05) is 6.07 Å². The molecule has 7 heteroatoms. The first-order valence-electron chi connectivity index (χ1n) is 8.02. The summed E-state index contributed by atoms with van der Waals surface area (Å²) in [5.74, 6) is -0.00521. The normalized spacial score (nSPS) is 15.8. The van der Waals surface area contributed by atoms with E-state index >= 15 is 0 Å². The van der Waals surface area contributed by atoms with Gasteiger partial charge in [-0.3, -0.25) is 0 Å². The van der Waals surface area contributed by atoms with E-state index < -0.39 is 11.5 Å². The molecule has 1 aliphatic rings. The molecule has 0 saturated carbocycles. The highest BCUT2D eigenvalue weighted by atomic mass is 79.9. The van der Waals surface area contributed by atoms with Crippen molar-refractivity contribution in [1.29, 1.82) is 5.26 Å². The molecule has 2 N–H and O–H groups in total. The Kier molecular flexibility index (Phi) is 4.13. The van der Waals surface area contributed by atoms with E-state index in [9.17, 15) is 10.1 Å². The van der Waals surface area contributed by atoms with Gasteiger partial charge in [-0.05, 0) is 30.3 Å². The van der Waals surface area contributed by atoms with Crippen LogP contribution in [0.1, 0.15) is 17.0 Å². The molecular formula is C20H13BrN2O4. The van der Waals surface area contributed by atoms with Gasteiger partial charge in [0, 0.05) is 10.0 Å². The van der Waals surface area contributed by atoms with Gasteiger partial charge in [-0.15, -0.1) is 0 Å². The maximum atomic E-state index is 12.8. The number of nitriles is 1. The molecule has 1 atom stereocenters. The first kappa shape index (κ1) is 17.2. The van der Waals surface area contributed by atoms with Crippen LogP contribution < -0.4 is 20.8 Å². The molecule has 0 saturated heterocycles. The molecule has 0 spiro atoms. The summed E-state index contributed by atoms with van der Waals surface area (Å²) in [5, 5.41) is 10.3. The van der Waals surface area contributed by atoms with Crippen molar-refractivity contribution in [2.24, 2.45) is 5.73 Å². The van der Waals surface area contributed by atoms with Gasteiger partial charge >= 0.3 is 5.63 Å². The maximum Gasteiger partial charge on any atom is 0.344 e. The number of hydrogen-bond donors (Lipinski definition) is 1. The summed E-state index contributed by atoms with van der Waals surface area (Å²) in [6, 6.07) is 14.4. The van der Waals surface area contributed by atoms with Crippen LogP contribution in [0.4, 0.5) is 0 Å². The Labute approximate surface area is 162 Å². The number of halogens is 1. The quantitative estimate of drug-likeness (QED) is 0.628. The Morgan fingerprint density at radius 3 is 2.78 bits per heavy atom. The van der Waals surface area contributed by atoms with Crippen LogP contribution in [0.25, 0.3) is 11.0 Å². The molecule has 0 fully saturated rings. The SMILES string of the molecule is COc1ccc(Br)cc1[C@H]1C(C#N)=C(N)Oc2c1c(=O)oc1ccccc21. The van der Waals surface area contributed by atoms with Crippen molar-refractivity contribution in [3.63, 3.8) is 0 Å². The van der Waals surface area contributed by atoms with E-state index in [2.05, 4.69) is 22.0 Å². The van der Waals surface area contributed by atoms with Crippen molar-refractivity contribution in [3.8, 4) is 17.6 Å². The van der Waals surface area contributed by atoms with Crippen molar-refractivity contribution in [2.75, 3.05) is 7.11 Å². The number of allylic oxidation sites excluding steroid dienone is 1. The molecule has 2 aromatic carbocycles. The van der Waals surface area contributed by atoms with E-state index in [4.69, 9.17) is 19.6 Å². The lowest BCUT2D eigenvalue weighted by Crippen LogP contribution is -2.26. The van der Waals surface area contributed by atoms with E-state index in [-0.39, 0.29) is 17.0 Å². The highest BCUT2D eigenvalue weighted by molar-refractivity contribution is 9.10. The standard InChI is InChI=1S/C20H13BrN2O4/c1-25-14-7-6-10(21)8-12(14)16-13(9-22)19(23)27-18-11-4-2-3-5-15(11)26-20(24)17(16)18/h2-8,16H,23H2,1H3/t16-/m0/s1. The van der Waals surface area contributed by atoms with Gasteiger partial charge < -0.3 is 19.6 Å². The number of nitrogens with zero attached hydrogens (tertiary/aromatic N) is 1. The average molecular weight is 425 g/mol. The first-order valence-corrected chi connectivity index (χ1v) is 8.81. The Bertz CT molecular complexity index is 1210. The molecule has 4 rings (SSSR count). The predicted molar refractivity (Wildman–Crippen MR) is 102 cm³/mol. The molecule has 2 heterocycles. The van der Waals surface area contributed by atoms with Gasteiger partial charge in [-0.1, -0.05) is 28.1 Å². The fraction of sp³-hybridized carbons (Fsp3) is 0.100. The summed E-state index contributed by atoms with van der Waals surface area (Å²) in [4.78, 5) is 12.8. The second-order valence-electron chi connectivity index (χ2n) is 5.94. The summed E-state index contributed by atoms with van der Waals surface area (Å²) in [6.45, 7) is 0. The Hall–Kier alpha value is -3.24. The minimum absolute atomic E-state index is 0.0484. The largest absolute Gasteiger partial charge is 0.496 e. The lowest BCUT2D eigenvalue weighted by atomic mass is 9.83. The summed E-state index contributed by atoms with van der Waals surface area (Å²) in [7, 11) is 1.52. The first-order chi connectivity index (χ1) is 13.0. The van der Waals surface area contributed by atoms with Crippen molar-refractivity contribution < 1.29 is 13.9 Å². The number of para-hydroxylation sites is 1. The van der Waals surface area contributed by atoms with Crippen molar-refractivity contribution in [3.05, 3.63) is 79.9 Å². The van der Waals surface area contributed by atoms with E-state index in [1.54, 1.807) is 36.4 Å². The van der Waals surface area contributed by atoms with Crippen LogP contribution in [0, 0.1) is 11.3 Å². The lowest BCUT2D eigenvalue weighted by Gasteiger charge is -2.27. The predicted octanol–water partition coefficient (Wildman–Crippen LogP) is 3.78. The average Bonchev–Trinajstić information content (AvgIpc) is 2.67. The van der Waals surface area contributed by atoms with E-state index in [0.717, 1.165) is 4.47 Å². The summed E-state index contributed by atoms with van der Waals surface area (Å²) in [5.41, 5.74) is 6.80. The van der Waals surface area contributed by atoms with Gasteiger partial charge in [0.2, 0.25) is 5.88 Å². The van der Waals surface area contributed by atoms with Crippen LogP contribution in [-0.2, 0) is 0 Å². The minimum atomic E-state index is -0.771. The molecule has 0 radical (unpaired) electrons. The molecule has 0 amide bonds. The molecule has 1 aromatic heterocycles. The number of benzene rings is 2. The lowest BCUT2D eigenvalue weighted by molar-refractivity contribution is 0.382. The number of hydrogen-bond acceptors (Lipinski definition) is 6. The Balaban J connectivity index is 2.12. The van der Waals surface area contributed by atoms with Crippen molar-refractivity contribution in [2.45, 2.75) is 5.92 Å². The Morgan fingerprint density at radius 2 is 2.04 bits per heavy atom. The van der Waals surface area contributed by atoms with Crippen LogP contribution in [-0.4, -0.2) is 7.11 Å². The number of ether oxygens (including phenoxy) is 2. The zero-order valence-electron chi connectivity index (χ0n) is 14.2. The van der Waals surface area contributed by atoms with Crippen LogP contribution in [0.5, 0.6) is 11.5 Å². The molecule has 1 aliphatic heterocycles. The molecule has 27 heavy (non-hydrogen) atoms. The molecule has 0 unspecified atom stereocenters. The highest BCUT2D eigenvalue weighted by Gasteiger charge is 2.37. The summed E-state index contributed by atoms with van der Waals surface area (Å²) >= 11 is 3.43. The van der Waals surface area contributed by atoms with Gasteiger partial charge in [0.05, 0.1) is 24.0 Å². The molecule has 134 valence electrons. The maximum absolute atomic E-state index is 12.8. The summed E-state index contributed by atoms with van der Waals surface area (Å²) in [6.07, 6.45) is 0. The monoisotopic (exact) mass is 424 g/mol. The third-order valence-electron chi connectivity index (χ3n) is 4.48. The van der Waals surface area contributed by atoms with Crippen LogP contribution in [0.15, 0.2) is 67.6 Å². The van der Waals surface area contributed by atoms with E-state index in [0.29, 0.717) is 28.0 Å². The van der Waals surface area contributed by atoms with Crippen LogP contribution >= 0.6 is 15.9 Å². The fourth-order valence-electron chi connectivity index (χ4n) is 3.31. The minimum Gasteiger partial charge on any atom is -0.496 e. The number of methoxy groups -OCH3 is 1. The molecule has 6 nitrogen and oxygen atoms in total. The van der Waals surface area contributed by atoms with Crippen LogP contribution in [0.3, 0.4) is 0 Å². The molecule has 0 aliphatic carbocycles. The molecular weight excluding hydrogens is 412 g/mol. The van der Waals surface area contributed by atoms with Gasteiger partial charge in [0.15, 0.2) is 5.75 Å². The topological polar surface area (TPSA) is 98.5 Å². The number of rotatable bonds is 2. The highest BCUT2D eigenvalue weighted by Crippen LogP contribution is 2.46. The Morgan fingerprint density at radius 1 is 1.26 bits per heavy atom. The van der Waals surface area contributed by atoms with Gasteiger partial charge in [0.1, 0.15) is 23.0 Å². The van der Waals surface area contributed by atoms with Crippen molar-refractivity contribution in [1.82, 2.24) is 0 Å². The molecule has 0 bridgehead atoms. The smallest absolute Gasteiger partial charge is 0.344 e. The fourth-order valence-corrected chi connectivity index (χ4v) is 3.69.